The molecule has 0 radical (unpaired) electrons. The molecule has 3 N–H and O–H groups in total. The van der Waals surface area contributed by atoms with E-state index in [-0.39, 0.29) is 24.9 Å². The topological polar surface area (TPSA) is 64.3 Å². The van der Waals surface area contributed by atoms with Crippen LogP contribution in [0.5, 0.6) is 0 Å². The van der Waals surface area contributed by atoms with E-state index in [1.807, 2.05) is 0 Å². The first-order valence-electron chi connectivity index (χ1n) is 5.10. The second kappa shape index (κ2) is 6.30. The molecule has 0 aromatic heterocycles. The molecule has 1 fully saturated rings. The zero-order chi connectivity index (χ0) is 10.6. The predicted octanol–water partition coefficient (Wildman–Crippen LogP) is 0.688. The number of hydrogen-bond acceptors (Lipinski definition) is 3. The molecule has 1 aliphatic rings. The molecule has 5 heteroatoms. The van der Waals surface area contributed by atoms with Gasteiger partial charge in [0.1, 0.15) is 6.04 Å². The molecule has 0 bridgehead atoms. The van der Waals surface area contributed by atoms with Gasteiger partial charge in [0.05, 0.1) is 6.61 Å². The summed E-state index contributed by atoms with van der Waals surface area (Å²) in [6, 6.07) is -0.538. The molecule has 0 aromatic rings. The summed E-state index contributed by atoms with van der Waals surface area (Å²) >= 11 is 0. The zero-order valence-electron chi connectivity index (χ0n) is 9.41. The van der Waals surface area contributed by atoms with Crippen LogP contribution < -0.4 is 11.1 Å². The molecule has 1 atom stereocenters. The lowest BCUT2D eigenvalue weighted by Crippen LogP contribution is -2.48. The van der Waals surface area contributed by atoms with Crippen LogP contribution in [0, 0.1) is 5.41 Å². The summed E-state index contributed by atoms with van der Waals surface area (Å²) in [4.78, 5) is 11.4. The van der Waals surface area contributed by atoms with Crippen molar-refractivity contribution in [3.63, 3.8) is 0 Å². The molecule has 0 aliphatic heterocycles. The molecular weight excluding hydrogens is 216 g/mol. The van der Waals surface area contributed by atoms with Gasteiger partial charge in [-0.25, -0.2) is 0 Å². The number of carbonyl (C=O) groups is 1. The highest BCUT2D eigenvalue weighted by atomic mass is 35.5. The molecule has 0 aromatic carbocycles. The van der Waals surface area contributed by atoms with E-state index >= 15 is 0 Å². The standard InChI is InChI=1S/C10H20N2O2.ClH/c1-10(4-3-5-10)7-12-9(13)8(11)6-14-2;/h8H,3-7,11H2,1-2H3,(H,12,13);1H. The highest BCUT2D eigenvalue weighted by Crippen LogP contribution is 2.39. The van der Waals surface area contributed by atoms with Gasteiger partial charge in [0.2, 0.25) is 5.91 Å². The third-order valence-electron chi connectivity index (χ3n) is 2.93. The van der Waals surface area contributed by atoms with Crippen molar-refractivity contribution in [2.45, 2.75) is 32.2 Å². The van der Waals surface area contributed by atoms with Gasteiger partial charge < -0.3 is 15.8 Å². The molecular formula is C10H21ClN2O2. The fourth-order valence-corrected chi connectivity index (χ4v) is 1.64. The number of amides is 1. The fourth-order valence-electron chi connectivity index (χ4n) is 1.64. The Labute approximate surface area is 97.3 Å². The van der Waals surface area contributed by atoms with E-state index in [9.17, 15) is 4.79 Å². The molecule has 1 amide bonds. The molecule has 0 saturated heterocycles. The van der Waals surface area contributed by atoms with E-state index in [4.69, 9.17) is 10.5 Å². The number of hydrogen-bond donors (Lipinski definition) is 2. The van der Waals surface area contributed by atoms with E-state index in [1.54, 1.807) is 7.11 Å². The van der Waals surface area contributed by atoms with Gasteiger partial charge >= 0.3 is 0 Å². The monoisotopic (exact) mass is 236 g/mol. The van der Waals surface area contributed by atoms with Crippen molar-refractivity contribution in [2.75, 3.05) is 20.3 Å². The van der Waals surface area contributed by atoms with Crippen LogP contribution in [-0.2, 0) is 9.53 Å². The maximum Gasteiger partial charge on any atom is 0.239 e. The zero-order valence-corrected chi connectivity index (χ0v) is 10.2. The lowest BCUT2D eigenvalue weighted by Gasteiger charge is -2.38. The number of methoxy groups -OCH3 is 1. The summed E-state index contributed by atoms with van der Waals surface area (Å²) in [5.74, 6) is -0.111. The van der Waals surface area contributed by atoms with Crippen LogP contribution >= 0.6 is 12.4 Å². The highest BCUT2D eigenvalue weighted by Gasteiger charge is 2.32. The van der Waals surface area contributed by atoms with Crippen LogP contribution in [0.15, 0.2) is 0 Å². The Morgan fingerprint density at radius 2 is 2.20 bits per heavy atom. The Morgan fingerprint density at radius 1 is 1.60 bits per heavy atom. The average Bonchev–Trinajstić information content (AvgIpc) is 2.11. The van der Waals surface area contributed by atoms with Gasteiger partial charge in [-0.1, -0.05) is 13.3 Å². The number of carbonyl (C=O) groups excluding carboxylic acids is 1. The van der Waals surface area contributed by atoms with Crippen LogP contribution in [-0.4, -0.2) is 32.2 Å². The van der Waals surface area contributed by atoms with Crippen molar-refractivity contribution in [2.24, 2.45) is 11.1 Å². The number of halogens is 1. The minimum Gasteiger partial charge on any atom is -0.383 e. The van der Waals surface area contributed by atoms with E-state index in [1.165, 1.54) is 19.3 Å². The fraction of sp³-hybridized carbons (Fsp3) is 0.900. The lowest BCUT2D eigenvalue weighted by molar-refractivity contribution is -0.124. The van der Waals surface area contributed by atoms with Crippen molar-refractivity contribution in [3.8, 4) is 0 Å². The van der Waals surface area contributed by atoms with Crippen LogP contribution in [0.25, 0.3) is 0 Å². The molecule has 0 spiro atoms. The SMILES string of the molecule is COCC(N)C(=O)NCC1(C)CCC1.Cl. The van der Waals surface area contributed by atoms with Crippen LogP contribution in [0.4, 0.5) is 0 Å². The molecule has 0 heterocycles. The van der Waals surface area contributed by atoms with Crippen molar-refractivity contribution in [1.29, 1.82) is 0 Å². The summed E-state index contributed by atoms with van der Waals surface area (Å²) in [7, 11) is 1.54. The van der Waals surface area contributed by atoms with Crippen LogP contribution in [0.1, 0.15) is 26.2 Å². The van der Waals surface area contributed by atoms with Crippen LogP contribution in [0.3, 0.4) is 0 Å². The number of nitrogens with one attached hydrogen (secondary N) is 1. The minimum atomic E-state index is -0.538. The Morgan fingerprint density at radius 3 is 2.60 bits per heavy atom. The van der Waals surface area contributed by atoms with Gasteiger partial charge in [-0.05, 0) is 18.3 Å². The molecule has 90 valence electrons. The first kappa shape index (κ1) is 14.7. The summed E-state index contributed by atoms with van der Waals surface area (Å²) in [6.07, 6.45) is 3.68. The third-order valence-corrected chi connectivity index (χ3v) is 2.93. The summed E-state index contributed by atoms with van der Waals surface area (Å²) in [5.41, 5.74) is 5.89. The maximum atomic E-state index is 11.4. The molecule has 1 aliphatic carbocycles. The molecule has 1 rings (SSSR count). The van der Waals surface area contributed by atoms with Gasteiger partial charge in [-0.2, -0.15) is 0 Å². The van der Waals surface area contributed by atoms with Gasteiger partial charge in [0, 0.05) is 13.7 Å². The Kier molecular flexibility index (Phi) is 6.17. The average molecular weight is 237 g/mol. The molecule has 1 saturated carbocycles. The first-order chi connectivity index (χ1) is 6.57. The Hall–Kier alpha value is -0.320. The largest absolute Gasteiger partial charge is 0.383 e. The maximum absolute atomic E-state index is 11.4. The second-order valence-corrected chi connectivity index (χ2v) is 4.44. The number of rotatable bonds is 5. The smallest absolute Gasteiger partial charge is 0.239 e. The van der Waals surface area contributed by atoms with Crippen molar-refractivity contribution in [3.05, 3.63) is 0 Å². The Bertz CT molecular complexity index is 208. The minimum absolute atomic E-state index is 0. The van der Waals surface area contributed by atoms with Crippen molar-refractivity contribution in [1.82, 2.24) is 5.32 Å². The first-order valence-corrected chi connectivity index (χ1v) is 5.10. The Balaban J connectivity index is 0.00000196. The molecule has 1 unspecified atom stereocenters. The van der Waals surface area contributed by atoms with E-state index in [2.05, 4.69) is 12.2 Å². The normalized spacial score (nSPS) is 19.7. The molecule has 4 nitrogen and oxygen atoms in total. The number of ether oxygens (including phenoxy) is 1. The molecule has 15 heavy (non-hydrogen) atoms. The van der Waals surface area contributed by atoms with Crippen molar-refractivity contribution < 1.29 is 9.53 Å². The second-order valence-electron chi connectivity index (χ2n) is 4.44. The summed E-state index contributed by atoms with van der Waals surface area (Å²) in [5, 5.41) is 2.87. The highest BCUT2D eigenvalue weighted by molar-refractivity contribution is 5.85. The summed E-state index contributed by atoms with van der Waals surface area (Å²) in [6.45, 7) is 3.21. The lowest BCUT2D eigenvalue weighted by atomic mass is 9.70. The number of nitrogens with two attached hydrogens (primary N) is 1. The quantitative estimate of drug-likeness (QED) is 0.738. The summed E-state index contributed by atoms with van der Waals surface area (Å²) < 4.78 is 4.81. The van der Waals surface area contributed by atoms with E-state index in [0.29, 0.717) is 5.41 Å². The third kappa shape index (κ3) is 4.36. The van der Waals surface area contributed by atoms with E-state index < -0.39 is 6.04 Å². The van der Waals surface area contributed by atoms with Gasteiger partial charge in [0.25, 0.3) is 0 Å². The van der Waals surface area contributed by atoms with Gasteiger partial charge in [0.15, 0.2) is 0 Å². The van der Waals surface area contributed by atoms with Gasteiger partial charge in [-0.3, -0.25) is 4.79 Å². The van der Waals surface area contributed by atoms with E-state index in [0.717, 1.165) is 6.54 Å². The van der Waals surface area contributed by atoms with Crippen molar-refractivity contribution >= 4 is 18.3 Å². The van der Waals surface area contributed by atoms with Gasteiger partial charge in [-0.15, -0.1) is 12.4 Å². The predicted molar refractivity (Wildman–Crippen MR) is 62.1 cm³/mol. The van der Waals surface area contributed by atoms with Crippen LogP contribution in [0.2, 0.25) is 0 Å².